The molecule has 0 aromatic heterocycles. The third kappa shape index (κ3) is 12.6. The summed E-state index contributed by atoms with van der Waals surface area (Å²) >= 11 is 0. The molecule has 90 heavy (non-hydrogen) atoms. The minimum atomic E-state index is -1.92. The van der Waals surface area contributed by atoms with E-state index >= 15 is 0 Å². The van der Waals surface area contributed by atoms with Gasteiger partial charge in [0.2, 0.25) is 0 Å². The van der Waals surface area contributed by atoms with E-state index in [-0.39, 0.29) is 49.6 Å². The van der Waals surface area contributed by atoms with Gasteiger partial charge in [0.05, 0.1) is 61.0 Å². The van der Waals surface area contributed by atoms with Gasteiger partial charge in [-0.05, 0) is 90.7 Å². The van der Waals surface area contributed by atoms with Crippen LogP contribution < -0.4 is 0 Å². The molecule has 8 fully saturated rings. The van der Waals surface area contributed by atoms with Gasteiger partial charge in [-0.25, -0.2) is 4.79 Å². The molecule has 9 aliphatic rings. The van der Waals surface area contributed by atoms with Gasteiger partial charge in [0, 0.05) is 71.9 Å². The number of benzene rings is 1. The van der Waals surface area contributed by atoms with E-state index in [0.717, 1.165) is 5.57 Å². The van der Waals surface area contributed by atoms with Gasteiger partial charge in [-0.1, -0.05) is 43.7 Å². The topological polar surface area (TPSA) is 340 Å². The predicted octanol–water partition coefficient (Wildman–Crippen LogP) is 2.06. The lowest BCUT2D eigenvalue weighted by Gasteiger charge is -2.68. The number of aliphatic hydroxyl groups is 7. The molecule has 0 bridgehead atoms. The van der Waals surface area contributed by atoms with Crippen LogP contribution in [-0.4, -0.2) is 253 Å². The van der Waals surface area contributed by atoms with E-state index in [9.17, 15) is 50.1 Å². The molecule has 31 atom stereocenters. The number of ketones is 1. The number of aliphatic hydroxyl groups excluding tert-OH is 5. The summed E-state index contributed by atoms with van der Waals surface area (Å²) in [7, 11) is 6.07. The van der Waals surface area contributed by atoms with Crippen LogP contribution in [0.25, 0.3) is 0 Å². The van der Waals surface area contributed by atoms with Crippen molar-refractivity contribution < 1.29 is 126 Å². The quantitative estimate of drug-likeness (QED) is 0.0770. The van der Waals surface area contributed by atoms with E-state index in [4.69, 9.17) is 75.8 Å². The van der Waals surface area contributed by atoms with E-state index in [0.29, 0.717) is 25.7 Å². The Morgan fingerprint density at radius 1 is 0.589 bits per heavy atom. The van der Waals surface area contributed by atoms with Crippen molar-refractivity contribution in [3.05, 3.63) is 47.5 Å². The normalized spacial score (nSPS) is 48.7. The summed E-state index contributed by atoms with van der Waals surface area (Å²) in [6.45, 7) is 12.9. The van der Waals surface area contributed by atoms with Crippen molar-refractivity contribution >= 4 is 17.7 Å². The predicted molar refractivity (Wildman–Crippen MR) is 309 cm³/mol. The molecule has 1 aromatic carbocycles. The smallest absolute Gasteiger partial charge is 0.338 e. The molecule has 1 aromatic rings. The Morgan fingerprint density at radius 2 is 1.12 bits per heavy atom. The lowest BCUT2D eigenvalue weighted by molar-refractivity contribution is -0.374. The first-order chi connectivity index (χ1) is 42.7. The Morgan fingerprint density at radius 3 is 1.66 bits per heavy atom. The molecule has 7 N–H and O–H groups in total. The maximum absolute atomic E-state index is 14.0. The summed E-state index contributed by atoms with van der Waals surface area (Å²) in [5.41, 5.74) is -5.06. The van der Waals surface area contributed by atoms with Crippen LogP contribution in [0, 0.1) is 22.7 Å². The number of carbonyl (C=O) groups excluding carboxylic acids is 3. The molecule has 5 heterocycles. The second kappa shape index (κ2) is 27.8. The van der Waals surface area contributed by atoms with Crippen molar-refractivity contribution in [3.8, 4) is 0 Å². The second-order valence-corrected chi connectivity index (χ2v) is 26.7. The fourth-order valence-corrected chi connectivity index (χ4v) is 16.9. The Labute approximate surface area is 525 Å². The van der Waals surface area contributed by atoms with Gasteiger partial charge in [0.15, 0.2) is 31.5 Å². The SMILES string of the molecule is COC1CC(OC2CCC3(C)C(=CCC4(O)C3C(OC(C)=O)C(OC(=O)c3ccccc3)C3(C)C(C(C)=O)CCC43O)C2)OC(C)C1OC1CC(OC)C(OC2CC(OC)C(OC3OC(C)C(OC4OC(CO)C(O)C(O)C4O)C(OC)C3O)C(C)O2)C(C)O1. The van der Waals surface area contributed by atoms with E-state index in [1.807, 2.05) is 26.8 Å². The monoisotopic (exact) mass is 1280 g/mol. The van der Waals surface area contributed by atoms with Gasteiger partial charge in [-0.15, -0.1) is 0 Å². The minimum absolute atomic E-state index is 0.0100. The number of hydrogen-bond acceptors (Lipinski definition) is 26. The maximum atomic E-state index is 14.0. The molecule has 31 unspecified atom stereocenters. The number of rotatable bonds is 19. The van der Waals surface area contributed by atoms with Crippen LogP contribution in [0.4, 0.5) is 0 Å². The molecule has 508 valence electrons. The fraction of sp³-hybridized carbons (Fsp3) is 0.828. The second-order valence-electron chi connectivity index (χ2n) is 26.7. The van der Waals surface area contributed by atoms with Gasteiger partial charge < -0.3 is 112 Å². The highest BCUT2D eigenvalue weighted by Gasteiger charge is 2.81. The summed E-state index contributed by atoms with van der Waals surface area (Å²) in [6.07, 6.45) is -19.5. The van der Waals surface area contributed by atoms with Crippen LogP contribution in [0.15, 0.2) is 42.0 Å². The largest absolute Gasteiger partial charge is 0.458 e. The number of methoxy groups -OCH3 is 4. The van der Waals surface area contributed by atoms with Crippen molar-refractivity contribution in [3.63, 3.8) is 0 Å². The van der Waals surface area contributed by atoms with Crippen LogP contribution in [-0.2, 0) is 85.4 Å². The first-order valence-corrected chi connectivity index (χ1v) is 31.8. The van der Waals surface area contributed by atoms with Crippen LogP contribution in [0.1, 0.15) is 124 Å². The molecule has 0 amide bonds. The van der Waals surface area contributed by atoms with Crippen molar-refractivity contribution in [1.29, 1.82) is 0 Å². The van der Waals surface area contributed by atoms with Crippen molar-refractivity contribution in [2.45, 2.75) is 278 Å². The van der Waals surface area contributed by atoms with Crippen molar-refractivity contribution in [2.75, 3.05) is 35.0 Å². The summed E-state index contributed by atoms with van der Waals surface area (Å²) in [5.74, 6) is -3.36. The number of fused-ring (bicyclic) bond motifs is 5. The Balaban J connectivity index is 0.746. The molecule has 26 nitrogen and oxygen atoms in total. The molecular formula is C64H96O26. The van der Waals surface area contributed by atoms with Gasteiger partial charge in [0.1, 0.15) is 90.2 Å². The Hall–Kier alpha value is -3.27. The summed E-state index contributed by atoms with van der Waals surface area (Å²) in [6, 6.07) is 8.37. The fourth-order valence-electron chi connectivity index (χ4n) is 16.9. The average molecular weight is 1280 g/mol. The third-order valence-corrected chi connectivity index (χ3v) is 21.6. The lowest BCUT2D eigenvalue weighted by atomic mass is 9.42. The molecule has 0 spiro atoms. The van der Waals surface area contributed by atoms with Crippen molar-refractivity contribution in [1.82, 2.24) is 0 Å². The Kier molecular flexibility index (Phi) is 21.5. The lowest BCUT2D eigenvalue weighted by Crippen LogP contribution is -2.80. The van der Waals surface area contributed by atoms with Crippen LogP contribution in [0.5, 0.6) is 0 Å². The van der Waals surface area contributed by atoms with Crippen molar-refractivity contribution in [2.24, 2.45) is 22.7 Å². The summed E-state index contributed by atoms with van der Waals surface area (Å²) < 4.78 is 100. The number of ether oxygens (including phenoxy) is 16. The van der Waals surface area contributed by atoms with Gasteiger partial charge in [0.25, 0.3) is 0 Å². The number of Topliss-reactive ketones (excluding diaryl/α,β-unsaturated/α-hetero) is 1. The van der Waals surface area contributed by atoms with Gasteiger partial charge in [-0.2, -0.15) is 0 Å². The van der Waals surface area contributed by atoms with Gasteiger partial charge >= 0.3 is 11.9 Å². The van der Waals surface area contributed by atoms with Crippen LogP contribution >= 0.6 is 0 Å². The molecule has 3 saturated carbocycles. The highest BCUT2D eigenvalue weighted by atomic mass is 16.8. The van der Waals surface area contributed by atoms with Crippen LogP contribution in [0.2, 0.25) is 0 Å². The summed E-state index contributed by atoms with van der Waals surface area (Å²) in [4.78, 5) is 40.8. The zero-order valence-electron chi connectivity index (χ0n) is 53.5. The minimum Gasteiger partial charge on any atom is -0.458 e. The maximum Gasteiger partial charge on any atom is 0.338 e. The molecule has 26 heteroatoms. The number of hydrogen-bond donors (Lipinski definition) is 7. The van der Waals surface area contributed by atoms with E-state index < -0.39 is 200 Å². The van der Waals surface area contributed by atoms with Crippen LogP contribution in [0.3, 0.4) is 0 Å². The Bertz CT molecular complexity index is 2650. The number of esters is 2. The standard InChI is InChI=1S/C64H96O26/c1-29(66)38-20-23-64(74)62(38,8)57(90-58(72)35-16-14-13-15-17-35)55(83-34(6)67)56-61(7)21-19-37(24-36(61)18-22-63(56,64)73)84-43-25-39(75-9)50(30(2)79-43)86-44-26-40(76-10)51(31(3)80-44)87-45-27-41(77-11)52(32(4)81-45)88-60-49(71)54(78-12)53(33(5)82-60)89-59-48(70)47(69)46(68)42(28-65)85-59/h13-18,30-33,37-57,59-60,65,68-71,73-74H,19-28H2,1-12H3. The molecular weight excluding hydrogens is 1180 g/mol. The first-order valence-electron chi connectivity index (χ1n) is 31.8. The zero-order chi connectivity index (χ0) is 65.1. The average Bonchev–Trinajstić information content (AvgIpc) is 1.25. The highest BCUT2D eigenvalue weighted by molar-refractivity contribution is 5.89. The highest BCUT2D eigenvalue weighted by Crippen LogP contribution is 2.71. The molecule has 5 aliphatic heterocycles. The molecule has 0 radical (unpaired) electrons. The molecule has 10 rings (SSSR count). The molecule has 4 aliphatic carbocycles. The van der Waals surface area contributed by atoms with E-state index in [1.165, 1.54) is 28.1 Å². The zero-order valence-corrected chi connectivity index (χ0v) is 53.5. The summed E-state index contributed by atoms with van der Waals surface area (Å²) in [5, 5.41) is 79.0. The first kappa shape index (κ1) is 69.6. The van der Waals surface area contributed by atoms with Gasteiger partial charge in [-0.3, -0.25) is 9.59 Å². The van der Waals surface area contributed by atoms with E-state index in [1.54, 1.807) is 65.3 Å². The third-order valence-electron chi connectivity index (χ3n) is 21.6. The number of carbonyl (C=O) groups is 3. The molecule has 5 saturated heterocycles. The van der Waals surface area contributed by atoms with E-state index in [2.05, 4.69) is 0 Å².